The van der Waals surface area contributed by atoms with E-state index in [0.717, 1.165) is 12.8 Å². The molecule has 1 unspecified atom stereocenters. The number of amides is 2. The largest absolute Gasteiger partial charge is 0.338 e. The van der Waals surface area contributed by atoms with Crippen molar-refractivity contribution < 1.29 is 9.59 Å². The Morgan fingerprint density at radius 1 is 1.25 bits per heavy atom. The minimum absolute atomic E-state index is 0.0748. The van der Waals surface area contributed by atoms with E-state index in [1.165, 1.54) is 19.3 Å². The van der Waals surface area contributed by atoms with Gasteiger partial charge in [0.25, 0.3) is 5.91 Å². The van der Waals surface area contributed by atoms with Crippen LogP contribution in [0.1, 0.15) is 61.7 Å². The summed E-state index contributed by atoms with van der Waals surface area (Å²) in [7, 11) is 0. The summed E-state index contributed by atoms with van der Waals surface area (Å²) in [5.41, 5.74) is 5.77. The number of carbonyl (C=O) groups excluding carboxylic acids is 2. The van der Waals surface area contributed by atoms with Crippen molar-refractivity contribution in [3.63, 3.8) is 0 Å². The molecule has 0 radical (unpaired) electrons. The highest BCUT2D eigenvalue weighted by atomic mass is 16.2. The molecule has 28 heavy (non-hydrogen) atoms. The maximum atomic E-state index is 12.6. The number of nitriles is 1. The molecule has 150 valence electrons. The Kier molecular flexibility index (Phi) is 6.63. The number of rotatable bonds is 5. The van der Waals surface area contributed by atoms with Crippen LogP contribution in [0.2, 0.25) is 0 Å². The van der Waals surface area contributed by atoms with Crippen molar-refractivity contribution in [2.24, 2.45) is 11.7 Å². The number of hydrogen-bond donors (Lipinski definition) is 2. The molecule has 2 fully saturated rings. The molecular formula is C21H29N5O2. The fraction of sp³-hybridized carbons (Fsp3) is 0.619. The maximum absolute atomic E-state index is 12.6. The summed E-state index contributed by atoms with van der Waals surface area (Å²) in [6.45, 7) is 0.847. The first-order valence-electron chi connectivity index (χ1n) is 10.2. The van der Waals surface area contributed by atoms with Gasteiger partial charge in [0.05, 0.1) is 12.1 Å². The fourth-order valence-corrected chi connectivity index (χ4v) is 4.25. The standard InChI is InChI=1S/C21H29N5O2/c22-15-21(25-19(27)18(23)14-16-4-2-1-3-5-16)8-12-26(13-9-21)20(28)17-6-10-24-11-7-17/h6-7,10-11,16,18H,1-5,8-9,12-14,23H2,(H,25,27). The first-order valence-corrected chi connectivity index (χ1v) is 10.2. The Morgan fingerprint density at radius 3 is 2.50 bits per heavy atom. The van der Waals surface area contributed by atoms with Crippen molar-refractivity contribution >= 4 is 11.8 Å². The van der Waals surface area contributed by atoms with Gasteiger partial charge in [-0.3, -0.25) is 14.6 Å². The highest BCUT2D eigenvalue weighted by molar-refractivity contribution is 5.94. The number of nitrogens with one attached hydrogen (secondary N) is 1. The van der Waals surface area contributed by atoms with E-state index in [4.69, 9.17) is 5.73 Å². The lowest BCUT2D eigenvalue weighted by atomic mass is 9.84. The molecular weight excluding hydrogens is 354 g/mol. The Morgan fingerprint density at radius 2 is 1.89 bits per heavy atom. The number of aromatic nitrogens is 1. The van der Waals surface area contributed by atoms with E-state index >= 15 is 0 Å². The number of nitrogens with zero attached hydrogens (tertiary/aromatic N) is 3. The van der Waals surface area contributed by atoms with E-state index in [0.29, 0.717) is 43.8 Å². The van der Waals surface area contributed by atoms with Crippen LogP contribution in [0.4, 0.5) is 0 Å². The van der Waals surface area contributed by atoms with Crippen molar-refractivity contribution in [3.05, 3.63) is 30.1 Å². The zero-order chi connectivity index (χ0) is 20.0. The SMILES string of the molecule is N#CC1(NC(=O)C(N)CC2CCCCC2)CCN(C(=O)c2ccncc2)CC1. The predicted octanol–water partition coefficient (Wildman–Crippen LogP) is 1.99. The second-order valence-electron chi connectivity index (χ2n) is 8.06. The smallest absolute Gasteiger partial charge is 0.253 e. The fourth-order valence-electron chi connectivity index (χ4n) is 4.25. The third kappa shape index (κ3) is 4.87. The molecule has 2 amide bonds. The summed E-state index contributed by atoms with van der Waals surface area (Å²) in [5, 5.41) is 12.6. The Balaban J connectivity index is 1.54. The molecule has 1 aromatic rings. The molecule has 2 aliphatic rings. The number of piperidine rings is 1. The van der Waals surface area contributed by atoms with E-state index < -0.39 is 11.6 Å². The topological polar surface area (TPSA) is 112 Å². The van der Waals surface area contributed by atoms with E-state index in [2.05, 4.69) is 16.4 Å². The van der Waals surface area contributed by atoms with Crippen molar-refractivity contribution in [3.8, 4) is 6.07 Å². The average Bonchev–Trinajstić information content (AvgIpc) is 2.75. The molecule has 1 saturated heterocycles. The van der Waals surface area contributed by atoms with Crippen molar-refractivity contribution in [1.82, 2.24) is 15.2 Å². The van der Waals surface area contributed by atoms with Gasteiger partial charge in [0.15, 0.2) is 0 Å². The minimum Gasteiger partial charge on any atom is -0.338 e. The van der Waals surface area contributed by atoms with Crippen molar-refractivity contribution in [2.45, 2.75) is 62.9 Å². The van der Waals surface area contributed by atoms with E-state index in [1.54, 1.807) is 29.4 Å². The second kappa shape index (κ2) is 9.16. The van der Waals surface area contributed by atoms with Crippen LogP contribution in [-0.2, 0) is 4.79 Å². The van der Waals surface area contributed by atoms with Crippen LogP contribution in [0.3, 0.4) is 0 Å². The van der Waals surface area contributed by atoms with Gasteiger partial charge >= 0.3 is 0 Å². The van der Waals surface area contributed by atoms with E-state index in [9.17, 15) is 14.9 Å². The molecule has 2 heterocycles. The van der Waals surface area contributed by atoms with Gasteiger partial charge in [-0.1, -0.05) is 32.1 Å². The summed E-state index contributed by atoms with van der Waals surface area (Å²) in [6, 6.07) is 5.05. The van der Waals surface area contributed by atoms with Crippen LogP contribution in [0.15, 0.2) is 24.5 Å². The lowest BCUT2D eigenvalue weighted by molar-refractivity contribution is -0.124. The summed E-state index contributed by atoms with van der Waals surface area (Å²) < 4.78 is 0. The molecule has 7 heteroatoms. The van der Waals surface area contributed by atoms with Crippen molar-refractivity contribution in [2.75, 3.05) is 13.1 Å². The first-order chi connectivity index (χ1) is 13.5. The third-order valence-electron chi connectivity index (χ3n) is 6.06. The van der Waals surface area contributed by atoms with Crippen LogP contribution < -0.4 is 11.1 Å². The quantitative estimate of drug-likeness (QED) is 0.807. The second-order valence-corrected chi connectivity index (χ2v) is 8.06. The monoisotopic (exact) mass is 383 g/mol. The Labute approximate surface area is 166 Å². The number of carbonyl (C=O) groups is 2. The molecule has 1 aromatic heterocycles. The summed E-state index contributed by atoms with van der Waals surface area (Å²) >= 11 is 0. The number of hydrogen-bond acceptors (Lipinski definition) is 5. The van der Waals surface area contributed by atoms with Crippen LogP contribution in [0, 0.1) is 17.2 Å². The van der Waals surface area contributed by atoms with Crippen LogP contribution in [0.25, 0.3) is 0 Å². The average molecular weight is 383 g/mol. The molecule has 0 spiro atoms. The number of pyridine rings is 1. The van der Waals surface area contributed by atoms with Gasteiger partial charge in [-0.25, -0.2) is 0 Å². The Bertz CT molecular complexity index is 716. The molecule has 1 saturated carbocycles. The molecule has 0 bridgehead atoms. The van der Waals surface area contributed by atoms with Crippen molar-refractivity contribution in [1.29, 1.82) is 5.26 Å². The van der Waals surface area contributed by atoms with Crippen LogP contribution >= 0.6 is 0 Å². The minimum atomic E-state index is -0.948. The molecule has 3 N–H and O–H groups in total. The molecule has 1 aliphatic carbocycles. The number of nitrogens with two attached hydrogens (primary N) is 1. The van der Waals surface area contributed by atoms with Gasteiger partial charge in [0.2, 0.25) is 5.91 Å². The van der Waals surface area contributed by atoms with Gasteiger partial charge in [-0.15, -0.1) is 0 Å². The zero-order valence-corrected chi connectivity index (χ0v) is 16.3. The van der Waals surface area contributed by atoms with Gasteiger partial charge in [-0.2, -0.15) is 5.26 Å². The van der Waals surface area contributed by atoms with Gasteiger partial charge in [0.1, 0.15) is 5.54 Å². The van der Waals surface area contributed by atoms with Gasteiger partial charge < -0.3 is 16.0 Å². The van der Waals surface area contributed by atoms with Crippen LogP contribution in [-0.4, -0.2) is 46.4 Å². The zero-order valence-electron chi connectivity index (χ0n) is 16.3. The molecule has 7 nitrogen and oxygen atoms in total. The molecule has 1 aliphatic heterocycles. The molecule has 1 atom stereocenters. The first kappa shape index (κ1) is 20.3. The number of likely N-dealkylation sites (tertiary alicyclic amines) is 1. The third-order valence-corrected chi connectivity index (χ3v) is 6.06. The van der Waals surface area contributed by atoms with E-state index in [-0.39, 0.29) is 11.8 Å². The van der Waals surface area contributed by atoms with E-state index in [1.807, 2.05) is 0 Å². The summed E-state index contributed by atoms with van der Waals surface area (Å²) in [4.78, 5) is 30.8. The lowest BCUT2D eigenvalue weighted by Crippen LogP contribution is -2.58. The summed E-state index contributed by atoms with van der Waals surface area (Å²) in [6.07, 6.45) is 10.6. The maximum Gasteiger partial charge on any atom is 0.253 e. The molecule has 3 rings (SSSR count). The highest BCUT2D eigenvalue weighted by Gasteiger charge is 2.38. The van der Waals surface area contributed by atoms with Gasteiger partial charge in [-0.05, 0) is 24.5 Å². The normalized spacial score (nSPS) is 20.8. The highest BCUT2D eigenvalue weighted by Crippen LogP contribution is 2.28. The predicted molar refractivity (Wildman–Crippen MR) is 105 cm³/mol. The van der Waals surface area contributed by atoms with Crippen LogP contribution in [0.5, 0.6) is 0 Å². The summed E-state index contributed by atoms with van der Waals surface area (Å²) in [5.74, 6) is 0.183. The lowest BCUT2D eigenvalue weighted by Gasteiger charge is -2.38. The van der Waals surface area contributed by atoms with Gasteiger partial charge in [0, 0.05) is 43.9 Å². The molecule has 0 aromatic carbocycles. The Hall–Kier alpha value is -2.46.